The van der Waals surface area contributed by atoms with Crippen molar-refractivity contribution in [2.75, 3.05) is 0 Å². The van der Waals surface area contributed by atoms with Gasteiger partial charge in [-0.25, -0.2) is 0 Å². The fourth-order valence-electron chi connectivity index (χ4n) is 2.33. The van der Waals surface area contributed by atoms with Gasteiger partial charge in [0.15, 0.2) is 18.1 Å². The Kier molecular flexibility index (Phi) is 9.37. The van der Waals surface area contributed by atoms with Gasteiger partial charge in [0.25, 0.3) is 0 Å². The summed E-state index contributed by atoms with van der Waals surface area (Å²) in [5.74, 6) is 0. The monoisotopic (exact) mass is 326 g/mol. The van der Waals surface area contributed by atoms with Crippen LogP contribution in [0.2, 0.25) is 24.2 Å². The standard InChI is InChI=1S/C15H30O2Si3/c1-5-18(6-2)16-20(17-19(7-3)8-4)14-15-12-10-9-11-13-15/h9-13,18-20H,5-8,14H2,1-4H3. The molecule has 0 atom stereocenters. The maximum Gasteiger partial charge on any atom is 0.304 e. The summed E-state index contributed by atoms with van der Waals surface area (Å²) >= 11 is 0. The summed E-state index contributed by atoms with van der Waals surface area (Å²) in [5, 5.41) is 0. The third kappa shape index (κ3) is 6.49. The van der Waals surface area contributed by atoms with E-state index in [1.165, 1.54) is 29.7 Å². The first kappa shape index (κ1) is 17.8. The molecule has 20 heavy (non-hydrogen) atoms. The first-order valence-electron chi connectivity index (χ1n) is 8.08. The molecule has 2 nitrogen and oxygen atoms in total. The number of rotatable bonds is 10. The average molecular weight is 327 g/mol. The molecule has 0 bridgehead atoms. The molecule has 1 aromatic rings. The zero-order valence-corrected chi connectivity index (χ0v) is 16.9. The van der Waals surface area contributed by atoms with E-state index < -0.39 is 27.4 Å². The SMILES string of the molecule is CC[SiH](CC)O[SiH](Cc1ccccc1)O[SiH](CC)CC. The Morgan fingerprint density at radius 1 is 0.750 bits per heavy atom. The topological polar surface area (TPSA) is 18.5 Å². The normalized spacial score (nSPS) is 11.8. The zero-order valence-electron chi connectivity index (χ0n) is 13.5. The van der Waals surface area contributed by atoms with E-state index in [9.17, 15) is 0 Å². The van der Waals surface area contributed by atoms with Crippen LogP contribution in [0.15, 0.2) is 30.3 Å². The number of benzene rings is 1. The summed E-state index contributed by atoms with van der Waals surface area (Å²) in [6, 6.07) is 16.6. The van der Waals surface area contributed by atoms with Crippen LogP contribution in [0.5, 0.6) is 0 Å². The number of hydrogen-bond acceptors (Lipinski definition) is 2. The van der Waals surface area contributed by atoms with Gasteiger partial charge in [0.2, 0.25) is 0 Å². The lowest BCUT2D eigenvalue weighted by Crippen LogP contribution is -2.38. The molecular weight excluding hydrogens is 296 g/mol. The van der Waals surface area contributed by atoms with Crippen molar-refractivity contribution in [3.63, 3.8) is 0 Å². The maximum absolute atomic E-state index is 6.48. The summed E-state index contributed by atoms with van der Waals surface area (Å²) in [6.45, 7) is 9.07. The van der Waals surface area contributed by atoms with Crippen LogP contribution in [0.3, 0.4) is 0 Å². The van der Waals surface area contributed by atoms with Crippen LogP contribution in [0.4, 0.5) is 0 Å². The number of hydrogen-bond donors (Lipinski definition) is 0. The van der Waals surface area contributed by atoms with Gasteiger partial charge in [0.1, 0.15) is 0 Å². The highest BCUT2D eigenvalue weighted by atomic mass is 28.4. The molecule has 0 unspecified atom stereocenters. The van der Waals surface area contributed by atoms with Gasteiger partial charge in [-0.15, -0.1) is 0 Å². The van der Waals surface area contributed by atoms with Crippen LogP contribution in [-0.4, -0.2) is 27.4 Å². The highest BCUT2D eigenvalue weighted by Gasteiger charge is 2.22. The average Bonchev–Trinajstić information content (AvgIpc) is 2.50. The van der Waals surface area contributed by atoms with Crippen molar-refractivity contribution in [3.8, 4) is 0 Å². The van der Waals surface area contributed by atoms with E-state index in [0.29, 0.717) is 0 Å². The zero-order chi connectivity index (χ0) is 14.8. The summed E-state index contributed by atoms with van der Waals surface area (Å²) in [4.78, 5) is 0. The van der Waals surface area contributed by atoms with Crippen LogP contribution in [0, 0.1) is 0 Å². The summed E-state index contributed by atoms with van der Waals surface area (Å²) < 4.78 is 13.0. The molecule has 0 fully saturated rings. The first-order chi connectivity index (χ1) is 9.73. The van der Waals surface area contributed by atoms with Crippen LogP contribution in [0.25, 0.3) is 0 Å². The molecule has 5 heteroatoms. The van der Waals surface area contributed by atoms with E-state index in [4.69, 9.17) is 8.23 Å². The van der Waals surface area contributed by atoms with Gasteiger partial charge in [0.05, 0.1) is 0 Å². The Morgan fingerprint density at radius 2 is 1.20 bits per heavy atom. The van der Waals surface area contributed by atoms with Gasteiger partial charge in [-0.2, -0.15) is 0 Å². The van der Waals surface area contributed by atoms with Crippen LogP contribution < -0.4 is 0 Å². The molecule has 0 saturated heterocycles. The van der Waals surface area contributed by atoms with E-state index in [1.807, 2.05) is 0 Å². The molecule has 0 aliphatic rings. The van der Waals surface area contributed by atoms with Gasteiger partial charge in [-0.05, 0) is 29.7 Å². The van der Waals surface area contributed by atoms with Crippen molar-refractivity contribution in [3.05, 3.63) is 35.9 Å². The minimum Gasteiger partial charge on any atom is -0.441 e. The smallest absolute Gasteiger partial charge is 0.304 e. The minimum atomic E-state index is -1.52. The van der Waals surface area contributed by atoms with E-state index in [2.05, 4.69) is 58.0 Å². The van der Waals surface area contributed by atoms with Gasteiger partial charge in [-0.1, -0.05) is 58.0 Å². The van der Waals surface area contributed by atoms with Crippen molar-refractivity contribution in [2.45, 2.75) is 57.9 Å². The van der Waals surface area contributed by atoms with Gasteiger partial charge >= 0.3 is 9.28 Å². The first-order valence-corrected chi connectivity index (χ1v) is 14.0. The van der Waals surface area contributed by atoms with Gasteiger partial charge in [-0.3, -0.25) is 0 Å². The van der Waals surface area contributed by atoms with Crippen LogP contribution in [0.1, 0.15) is 33.3 Å². The van der Waals surface area contributed by atoms with Crippen molar-refractivity contribution < 1.29 is 8.23 Å². The molecular formula is C15H30O2Si3. The predicted octanol–water partition coefficient (Wildman–Crippen LogP) is 3.55. The Balaban J connectivity index is 2.67. The minimum absolute atomic E-state index is 1.01. The second-order valence-electron chi connectivity index (χ2n) is 5.27. The van der Waals surface area contributed by atoms with E-state index in [1.54, 1.807) is 0 Å². The second-order valence-corrected chi connectivity index (χ2v) is 14.5. The van der Waals surface area contributed by atoms with Crippen LogP contribution in [-0.2, 0) is 14.3 Å². The Labute approximate surface area is 129 Å². The third-order valence-corrected chi connectivity index (χ3v) is 13.7. The van der Waals surface area contributed by atoms with E-state index >= 15 is 0 Å². The molecule has 0 aliphatic carbocycles. The molecule has 0 aromatic heterocycles. The second kappa shape index (κ2) is 10.5. The Morgan fingerprint density at radius 3 is 1.60 bits per heavy atom. The Bertz CT molecular complexity index is 326. The summed E-state index contributed by atoms with van der Waals surface area (Å²) in [7, 11) is -3.55. The Hall–Kier alpha value is -0.209. The van der Waals surface area contributed by atoms with E-state index in [-0.39, 0.29) is 0 Å². The molecule has 0 spiro atoms. The molecule has 0 radical (unpaired) electrons. The molecule has 1 rings (SSSR count). The highest BCUT2D eigenvalue weighted by molar-refractivity contribution is 6.68. The maximum atomic E-state index is 6.48. The predicted molar refractivity (Wildman–Crippen MR) is 95.7 cm³/mol. The molecule has 0 aliphatic heterocycles. The molecule has 0 amide bonds. The van der Waals surface area contributed by atoms with E-state index in [0.717, 1.165) is 6.04 Å². The fraction of sp³-hybridized carbons (Fsp3) is 0.600. The molecule has 0 N–H and O–H groups in total. The largest absolute Gasteiger partial charge is 0.441 e. The van der Waals surface area contributed by atoms with Gasteiger partial charge < -0.3 is 8.23 Å². The molecule has 1 aromatic carbocycles. The van der Waals surface area contributed by atoms with Crippen molar-refractivity contribution in [1.29, 1.82) is 0 Å². The highest BCUT2D eigenvalue weighted by Crippen LogP contribution is 2.12. The quantitative estimate of drug-likeness (QED) is 0.612. The summed E-state index contributed by atoms with van der Waals surface area (Å²) in [6.07, 6.45) is 0. The van der Waals surface area contributed by atoms with Gasteiger partial charge in [0, 0.05) is 6.04 Å². The van der Waals surface area contributed by atoms with Crippen molar-refractivity contribution >= 4 is 27.4 Å². The lowest BCUT2D eigenvalue weighted by atomic mass is 10.2. The van der Waals surface area contributed by atoms with Crippen molar-refractivity contribution in [1.82, 2.24) is 0 Å². The summed E-state index contributed by atoms with van der Waals surface area (Å²) in [5.41, 5.74) is 1.38. The fourth-order valence-corrected chi connectivity index (χ4v) is 12.3. The van der Waals surface area contributed by atoms with Crippen molar-refractivity contribution in [2.24, 2.45) is 0 Å². The third-order valence-electron chi connectivity index (χ3n) is 3.76. The van der Waals surface area contributed by atoms with Crippen LogP contribution >= 0.6 is 0 Å². The molecule has 0 heterocycles. The molecule has 0 saturated carbocycles. The lowest BCUT2D eigenvalue weighted by Gasteiger charge is -2.26. The molecule has 114 valence electrons. The lowest BCUT2D eigenvalue weighted by molar-refractivity contribution is 0.426.